The number of fused-ring (bicyclic) bond motifs is 1. The van der Waals surface area contributed by atoms with E-state index in [9.17, 15) is 14.4 Å². The Balaban J connectivity index is 1.58. The maximum Gasteiger partial charge on any atom is 0.360 e. The number of carbonyl (C=O) groups is 2. The quantitative estimate of drug-likeness (QED) is 0.428. The molecule has 7 nitrogen and oxygen atoms in total. The third kappa shape index (κ3) is 4.08. The number of likely N-dealkylation sites (tertiary alicyclic amines) is 1. The van der Waals surface area contributed by atoms with E-state index in [2.05, 4.69) is 5.10 Å². The number of carbonyl (C=O) groups excluding carboxylic acids is 2. The zero-order chi connectivity index (χ0) is 23.5. The Morgan fingerprint density at radius 1 is 0.794 bits per heavy atom. The normalized spacial score (nSPS) is 14.2. The summed E-state index contributed by atoms with van der Waals surface area (Å²) in [5.74, 6) is -1.01. The smallest absolute Gasteiger partial charge is 0.360 e. The average Bonchev–Trinajstić information content (AvgIpc) is 3.43. The van der Waals surface area contributed by atoms with E-state index < -0.39 is 12.1 Å². The van der Waals surface area contributed by atoms with Gasteiger partial charge in [-0.1, -0.05) is 66.7 Å². The molecule has 1 unspecified atom stereocenters. The van der Waals surface area contributed by atoms with Crippen LogP contribution in [0.25, 0.3) is 16.5 Å². The predicted octanol–water partition coefficient (Wildman–Crippen LogP) is 3.91. The van der Waals surface area contributed by atoms with Gasteiger partial charge in [0.15, 0.2) is 5.69 Å². The first-order valence-electron chi connectivity index (χ1n) is 11.3. The van der Waals surface area contributed by atoms with Crippen LogP contribution in [-0.2, 0) is 9.53 Å². The van der Waals surface area contributed by atoms with Gasteiger partial charge in [-0.25, -0.2) is 4.79 Å². The van der Waals surface area contributed by atoms with Crippen molar-refractivity contribution in [2.75, 3.05) is 13.1 Å². The van der Waals surface area contributed by atoms with Gasteiger partial charge in [-0.15, -0.1) is 0 Å². The Kier molecular flexibility index (Phi) is 5.91. The Morgan fingerprint density at radius 3 is 2.06 bits per heavy atom. The molecule has 170 valence electrons. The maximum absolute atomic E-state index is 13.5. The van der Waals surface area contributed by atoms with Crippen LogP contribution >= 0.6 is 0 Å². The van der Waals surface area contributed by atoms with Gasteiger partial charge in [-0.3, -0.25) is 9.59 Å². The molecule has 0 spiro atoms. The second kappa shape index (κ2) is 9.31. The monoisotopic (exact) mass is 453 g/mol. The van der Waals surface area contributed by atoms with E-state index in [0.717, 1.165) is 12.8 Å². The largest absolute Gasteiger partial charge is 0.442 e. The molecule has 2 heterocycles. The van der Waals surface area contributed by atoms with E-state index >= 15 is 0 Å². The molecule has 1 aliphatic heterocycles. The number of rotatable bonds is 5. The molecule has 0 bridgehead atoms. The van der Waals surface area contributed by atoms with Crippen molar-refractivity contribution in [3.63, 3.8) is 0 Å². The predicted molar refractivity (Wildman–Crippen MR) is 128 cm³/mol. The number of aromatic nitrogens is 2. The zero-order valence-corrected chi connectivity index (χ0v) is 18.5. The molecule has 1 saturated heterocycles. The van der Waals surface area contributed by atoms with Gasteiger partial charge in [0, 0.05) is 24.0 Å². The number of hydrogen-bond acceptors (Lipinski definition) is 5. The van der Waals surface area contributed by atoms with Gasteiger partial charge in [0.1, 0.15) is 0 Å². The Hall–Kier alpha value is -4.26. The lowest BCUT2D eigenvalue weighted by Crippen LogP contribution is -2.35. The van der Waals surface area contributed by atoms with Crippen molar-refractivity contribution in [3.8, 4) is 5.69 Å². The fourth-order valence-electron chi connectivity index (χ4n) is 4.24. The van der Waals surface area contributed by atoms with Crippen LogP contribution in [-0.4, -0.2) is 39.6 Å². The fraction of sp³-hybridized carbons (Fsp3) is 0.185. The average molecular weight is 453 g/mol. The zero-order valence-electron chi connectivity index (χ0n) is 18.5. The highest BCUT2D eigenvalue weighted by Crippen LogP contribution is 2.25. The van der Waals surface area contributed by atoms with Crippen molar-refractivity contribution < 1.29 is 14.3 Å². The number of amides is 1. The SMILES string of the molecule is O=C(OC(C(=O)N1CCCC1)c1ccccc1)c1nn(-c2ccccc2)c(=O)c2ccccc12. The molecular weight excluding hydrogens is 430 g/mol. The topological polar surface area (TPSA) is 81.5 Å². The summed E-state index contributed by atoms with van der Waals surface area (Å²) in [6.07, 6.45) is 0.759. The Morgan fingerprint density at radius 2 is 1.38 bits per heavy atom. The summed E-state index contributed by atoms with van der Waals surface area (Å²) in [6, 6.07) is 24.6. The van der Waals surface area contributed by atoms with Gasteiger partial charge in [-0.05, 0) is 31.0 Å². The number of esters is 1. The molecule has 0 radical (unpaired) electrons. The number of ether oxygens (including phenoxy) is 1. The summed E-state index contributed by atoms with van der Waals surface area (Å²) in [7, 11) is 0. The summed E-state index contributed by atoms with van der Waals surface area (Å²) in [6.45, 7) is 1.28. The first-order chi connectivity index (χ1) is 16.6. The first kappa shape index (κ1) is 21.6. The number of benzene rings is 3. The molecule has 3 aromatic carbocycles. The van der Waals surface area contributed by atoms with Crippen LogP contribution < -0.4 is 5.56 Å². The highest BCUT2D eigenvalue weighted by molar-refractivity contribution is 6.03. The number of nitrogens with zero attached hydrogens (tertiary/aromatic N) is 3. The van der Waals surface area contributed by atoms with Crippen LogP contribution in [0.15, 0.2) is 89.7 Å². The van der Waals surface area contributed by atoms with Crippen molar-refractivity contribution in [2.45, 2.75) is 18.9 Å². The molecule has 0 aliphatic carbocycles. The molecule has 5 rings (SSSR count). The standard InChI is InChI=1S/C27H23N3O4/c31-25-22-16-8-7-15-21(22)23(28-30(25)20-13-5-2-6-14-20)27(33)34-24(19-11-3-1-4-12-19)26(32)29-17-9-10-18-29/h1-8,11-16,24H,9-10,17-18H2. The lowest BCUT2D eigenvalue weighted by atomic mass is 10.1. The number of hydrogen-bond donors (Lipinski definition) is 0. The Bertz CT molecular complexity index is 1390. The summed E-state index contributed by atoms with van der Waals surface area (Å²) >= 11 is 0. The molecule has 34 heavy (non-hydrogen) atoms. The minimum Gasteiger partial charge on any atom is -0.442 e. The molecule has 1 amide bonds. The van der Waals surface area contributed by atoms with Crippen molar-refractivity contribution in [2.24, 2.45) is 0 Å². The van der Waals surface area contributed by atoms with Crippen molar-refractivity contribution in [1.29, 1.82) is 0 Å². The van der Waals surface area contributed by atoms with Gasteiger partial charge >= 0.3 is 5.97 Å². The van der Waals surface area contributed by atoms with Crippen LogP contribution in [0.1, 0.15) is 35.0 Å². The van der Waals surface area contributed by atoms with Crippen LogP contribution in [0.5, 0.6) is 0 Å². The molecule has 1 aliphatic rings. The highest BCUT2D eigenvalue weighted by Gasteiger charge is 2.32. The second-order valence-electron chi connectivity index (χ2n) is 8.18. The Labute approximate surface area is 196 Å². The van der Waals surface area contributed by atoms with Crippen molar-refractivity contribution >= 4 is 22.6 Å². The van der Waals surface area contributed by atoms with Crippen LogP contribution in [0.4, 0.5) is 0 Å². The van der Waals surface area contributed by atoms with E-state index in [1.165, 1.54) is 4.68 Å². The molecular formula is C27H23N3O4. The summed E-state index contributed by atoms with van der Waals surface area (Å²) in [4.78, 5) is 41.6. The van der Waals surface area contributed by atoms with E-state index in [1.807, 2.05) is 12.1 Å². The minimum atomic E-state index is -1.09. The maximum atomic E-state index is 13.5. The second-order valence-corrected chi connectivity index (χ2v) is 8.18. The lowest BCUT2D eigenvalue weighted by molar-refractivity contribution is -0.140. The minimum absolute atomic E-state index is 0.0193. The molecule has 0 saturated carbocycles. The third-order valence-electron chi connectivity index (χ3n) is 5.97. The van der Waals surface area contributed by atoms with Crippen LogP contribution in [0, 0.1) is 0 Å². The molecule has 1 fully saturated rings. The third-order valence-corrected chi connectivity index (χ3v) is 5.97. The van der Waals surface area contributed by atoms with Gasteiger partial charge in [0.25, 0.3) is 11.5 Å². The van der Waals surface area contributed by atoms with E-state index in [1.54, 1.807) is 77.7 Å². The molecule has 1 atom stereocenters. The van der Waals surface area contributed by atoms with Gasteiger partial charge in [-0.2, -0.15) is 9.78 Å². The van der Waals surface area contributed by atoms with Gasteiger partial charge in [0.2, 0.25) is 6.10 Å². The molecule has 0 N–H and O–H groups in total. The van der Waals surface area contributed by atoms with Gasteiger partial charge < -0.3 is 9.64 Å². The highest BCUT2D eigenvalue weighted by atomic mass is 16.5. The fourth-order valence-corrected chi connectivity index (χ4v) is 4.24. The van der Waals surface area contributed by atoms with Crippen molar-refractivity contribution in [3.05, 3.63) is 107 Å². The lowest BCUT2D eigenvalue weighted by Gasteiger charge is -2.23. The van der Waals surface area contributed by atoms with Crippen LogP contribution in [0.3, 0.4) is 0 Å². The van der Waals surface area contributed by atoms with E-state index in [4.69, 9.17) is 4.74 Å². The first-order valence-corrected chi connectivity index (χ1v) is 11.3. The molecule has 7 heteroatoms. The number of para-hydroxylation sites is 1. The van der Waals surface area contributed by atoms with E-state index in [-0.39, 0.29) is 17.2 Å². The van der Waals surface area contributed by atoms with E-state index in [0.29, 0.717) is 35.1 Å². The molecule has 4 aromatic rings. The van der Waals surface area contributed by atoms with Crippen LogP contribution in [0.2, 0.25) is 0 Å². The summed E-state index contributed by atoms with van der Waals surface area (Å²) < 4.78 is 7.02. The summed E-state index contributed by atoms with van der Waals surface area (Å²) in [5.41, 5.74) is 0.758. The van der Waals surface area contributed by atoms with Crippen molar-refractivity contribution in [1.82, 2.24) is 14.7 Å². The molecule has 1 aromatic heterocycles. The summed E-state index contributed by atoms with van der Waals surface area (Å²) in [5, 5.41) is 5.10. The van der Waals surface area contributed by atoms with Gasteiger partial charge in [0.05, 0.1) is 11.1 Å².